The molecule has 0 radical (unpaired) electrons. The molecule has 0 spiro atoms. The molecule has 2 aromatic carbocycles. The monoisotopic (exact) mass is 364 g/mol. The highest BCUT2D eigenvalue weighted by atomic mass is 19.2. The Hall–Kier alpha value is -2.87. The maximum absolute atomic E-state index is 13.8. The van der Waals surface area contributed by atoms with Gasteiger partial charge in [-0.05, 0) is 36.2 Å². The molecule has 2 N–H and O–H groups in total. The van der Waals surface area contributed by atoms with Gasteiger partial charge in [0.05, 0.1) is 5.69 Å². The van der Waals surface area contributed by atoms with E-state index >= 15 is 0 Å². The maximum atomic E-state index is 13.8. The number of anilines is 1. The third kappa shape index (κ3) is 3.41. The highest BCUT2D eigenvalue weighted by Gasteiger charge is 2.42. The van der Waals surface area contributed by atoms with Crippen LogP contribution < -0.4 is 5.32 Å². The fraction of sp³-hybridized carbons (Fsp3) is 0.222. The van der Waals surface area contributed by atoms with E-state index in [1.54, 1.807) is 0 Å². The van der Waals surface area contributed by atoms with Gasteiger partial charge in [0, 0.05) is 12.5 Å². The van der Waals surface area contributed by atoms with E-state index in [0.717, 1.165) is 12.1 Å². The van der Waals surface area contributed by atoms with Crippen molar-refractivity contribution in [3.63, 3.8) is 0 Å². The first-order valence-electron chi connectivity index (χ1n) is 7.89. The van der Waals surface area contributed by atoms with Crippen LogP contribution in [0.15, 0.2) is 42.5 Å². The van der Waals surface area contributed by atoms with Crippen molar-refractivity contribution in [3.05, 3.63) is 65.5 Å². The average Bonchev–Trinajstić information content (AvgIpc) is 2.62. The second-order valence-corrected chi connectivity index (χ2v) is 5.98. The lowest BCUT2D eigenvalue weighted by Crippen LogP contribution is -2.48. The van der Waals surface area contributed by atoms with Crippen LogP contribution >= 0.6 is 0 Å². The van der Waals surface area contributed by atoms with E-state index in [1.807, 2.05) is 0 Å². The van der Waals surface area contributed by atoms with Crippen LogP contribution in [0.25, 0.3) is 0 Å². The lowest BCUT2D eigenvalue weighted by molar-refractivity contribution is -0.178. The Labute approximate surface area is 147 Å². The van der Waals surface area contributed by atoms with E-state index in [-0.39, 0.29) is 13.0 Å². The smallest absolute Gasteiger partial charge is 0.259 e. The fourth-order valence-corrected chi connectivity index (χ4v) is 3.05. The Morgan fingerprint density at radius 2 is 1.81 bits per heavy atom. The second kappa shape index (κ2) is 7.17. The number of piperidine rings is 1. The Kier molecular flexibility index (Phi) is 4.94. The SMILES string of the molecule is O=C(Nc1cccc(F)c1F)[C@H]1C(=O)N(O)CC[C@@H]1c1ccc(F)cc1. The van der Waals surface area contributed by atoms with E-state index in [0.29, 0.717) is 10.6 Å². The molecule has 8 heteroatoms. The Balaban J connectivity index is 1.91. The van der Waals surface area contributed by atoms with Crippen LogP contribution in [0.3, 0.4) is 0 Å². The third-order valence-corrected chi connectivity index (χ3v) is 4.36. The molecule has 136 valence electrons. The van der Waals surface area contributed by atoms with Crippen molar-refractivity contribution < 1.29 is 28.0 Å². The van der Waals surface area contributed by atoms with Gasteiger partial charge in [-0.15, -0.1) is 0 Å². The fourth-order valence-electron chi connectivity index (χ4n) is 3.05. The van der Waals surface area contributed by atoms with E-state index in [1.165, 1.54) is 30.3 Å². The minimum Gasteiger partial charge on any atom is -0.323 e. The standard InChI is InChI=1S/C18H15F3N2O3/c19-11-6-4-10(5-7-11)12-8-9-23(26)18(25)15(12)17(24)22-14-3-1-2-13(20)16(14)21/h1-7,12,15,26H,8-9H2,(H,22,24)/t12-,15+/m1/s1. The summed E-state index contributed by atoms with van der Waals surface area (Å²) in [6, 6.07) is 8.57. The first-order chi connectivity index (χ1) is 12.4. The molecule has 3 rings (SSSR count). The zero-order chi connectivity index (χ0) is 18.8. The summed E-state index contributed by atoms with van der Waals surface area (Å²) in [5.41, 5.74) is 0.128. The van der Waals surface area contributed by atoms with E-state index < -0.39 is 46.8 Å². The summed E-state index contributed by atoms with van der Waals surface area (Å²) >= 11 is 0. The van der Waals surface area contributed by atoms with Gasteiger partial charge in [-0.25, -0.2) is 18.2 Å². The number of nitrogens with zero attached hydrogens (tertiary/aromatic N) is 1. The van der Waals surface area contributed by atoms with Crippen molar-refractivity contribution in [2.45, 2.75) is 12.3 Å². The Morgan fingerprint density at radius 3 is 2.50 bits per heavy atom. The summed E-state index contributed by atoms with van der Waals surface area (Å²) in [6.45, 7) is -0.00101. The first kappa shape index (κ1) is 17.9. The molecule has 2 amide bonds. The van der Waals surface area contributed by atoms with Crippen LogP contribution in [0, 0.1) is 23.4 Å². The zero-order valence-corrected chi connectivity index (χ0v) is 13.5. The number of rotatable bonds is 3. The number of amides is 2. The largest absolute Gasteiger partial charge is 0.323 e. The van der Waals surface area contributed by atoms with E-state index in [9.17, 15) is 28.0 Å². The van der Waals surface area contributed by atoms with Crippen molar-refractivity contribution in [1.82, 2.24) is 5.06 Å². The van der Waals surface area contributed by atoms with Gasteiger partial charge in [-0.1, -0.05) is 18.2 Å². The van der Waals surface area contributed by atoms with E-state index in [2.05, 4.69) is 5.32 Å². The van der Waals surface area contributed by atoms with Crippen LogP contribution in [0.4, 0.5) is 18.9 Å². The van der Waals surface area contributed by atoms with Crippen LogP contribution in [-0.2, 0) is 9.59 Å². The van der Waals surface area contributed by atoms with Crippen molar-refractivity contribution >= 4 is 17.5 Å². The predicted molar refractivity (Wildman–Crippen MR) is 85.7 cm³/mol. The molecule has 2 aromatic rings. The van der Waals surface area contributed by atoms with Crippen molar-refractivity contribution in [1.29, 1.82) is 0 Å². The number of carbonyl (C=O) groups excluding carboxylic acids is 2. The topological polar surface area (TPSA) is 69.6 Å². The average molecular weight is 364 g/mol. The van der Waals surface area contributed by atoms with Gasteiger partial charge < -0.3 is 5.32 Å². The van der Waals surface area contributed by atoms with Gasteiger partial charge in [0.25, 0.3) is 5.91 Å². The van der Waals surface area contributed by atoms with Crippen molar-refractivity contribution in [3.8, 4) is 0 Å². The minimum atomic E-state index is -1.36. The summed E-state index contributed by atoms with van der Waals surface area (Å²) in [5, 5.41) is 12.3. The second-order valence-electron chi connectivity index (χ2n) is 5.98. The van der Waals surface area contributed by atoms with Gasteiger partial charge in [0.1, 0.15) is 11.7 Å². The number of carbonyl (C=O) groups is 2. The molecule has 5 nitrogen and oxygen atoms in total. The molecular formula is C18H15F3N2O3. The highest BCUT2D eigenvalue weighted by molar-refractivity contribution is 6.07. The van der Waals surface area contributed by atoms with Crippen LogP contribution in [0.1, 0.15) is 17.9 Å². The molecule has 0 aromatic heterocycles. The summed E-state index contributed by atoms with van der Waals surface area (Å²) in [5.74, 6) is -6.60. The molecule has 1 aliphatic heterocycles. The number of benzene rings is 2. The Morgan fingerprint density at radius 1 is 1.12 bits per heavy atom. The quantitative estimate of drug-likeness (QED) is 0.650. The molecular weight excluding hydrogens is 349 g/mol. The van der Waals surface area contributed by atoms with Crippen molar-refractivity contribution in [2.24, 2.45) is 5.92 Å². The highest BCUT2D eigenvalue weighted by Crippen LogP contribution is 2.34. The van der Waals surface area contributed by atoms with Crippen LogP contribution in [-0.4, -0.2) is 28.6 Å². The molecule has 26 heavy (non-hydrogen) atoms. The zero-order valence-electron chi connectivity index (χ0n) is 13.5. The maximum Gasteiger partial charge on any atom is 0.259 e. The Bertz CT molecular complexity index is 842. The third-order valence-electron chi connectivity index (χ3n) is 4.36. The molecule has 2 atom stereocenters. The lowest BCUT2D eigenvalue weighted by atomic mass is 9.80. The summed E-state index contributed by atoms with van der Waals surface area (Å²) < 4.78 is 40.3. The molecule has 0 unspecified atom stereocenters. The molecule has 0 bridgehead atoms. The molecule has 1 fully saturated rings. The molecule has 0 saturated carbocycles. The number of hydroxylamine groups is 2. The minimum absolute atomic E-state index is 0.00101. The number of hydrogen-bond acceptors (Lipinski definition) is 3. The lowest BCUT2D eigenvalue weighted by Gasteiger charge is -2.34. The van der Waals surface area contributed by atoms with Gasteiger partial charge in [0.15, 0.2) is 11.6 Å². The van der Waals surface area contributed by atoms with E-state index in [4.69, 9.17) is 0 Å². The summed E-state index contributed by atoms with van der Waals surface area (Å²) in [4.78, 5) is 24.9. The van der Waals surface area contributed by atoms with Crippen LogP contribution in [0.2, 0.25) is 0 Å². The molecule has 1 aliphatic rings. The summed E-state index contributed by atoms with van der Waals surface area (Å²) in [6.07, 6.45) is 0.248. The number of nitrogens with one attached hydrogen (secondary N) is 1. The molecule has 1 saturated heterocycles. The number of halogens is 3. The van der Waals surface area contributed by atoms with Gasteiger partial charge >= 0.3 is 0 Å². The normalized spacial score (nSPS) is 20.2. The molecule has 1 heterocycles. The van der Waals surface area contributed by atoms with Gasteiger partial charge in [-0.2, -0.15) is 0 Å². The van der Waals surface area contributed by atoms with Crippen LogP contribution in [0.5, 0.6) is 0 Å². The predicted octanol–water partition coefficient (Wildman–Crippen LogP) is 3.06. The van der Waals surface area contributed by atoms with Crippen molar-refractivity contribution in [2.75, 3.05) is 11.9 Å². The van der Waals surface area contributed by atoms with Gasteiger partial charge in [-0.3, -0.25) is 14.8 Å². The number of hydrogen-bond donors (Lipinski definition) is 2. The first-order valence-corrected chi connectivity index (χ1v) is 7.89. The molecule has 0 aliphatic carbocycles. The van der Waals surface area contributed by atoms with Gasteiger partial charge in [0.2, 0.25) is 5.91 Å². The summed E-state index contributed by atoms with van der Waals surface area (Å²) in [7, 11) is 0.